The van der Waals surface area contributed by atoms with E-state index in [1.807, 2.05) is 29.2 Å². The molecule has 0 unspecified atom stereocenters. The van der Waals surface area contributed by atoms with E-state index in [0.29, 0.717) is 32.1 Å². The molecule has 0 bridgehead atoms. The van der Waals surface area contributed by atoms with E-state index in [-0.39, 0.29) is 55.5 Å². The second kappa shape index (κ2) is 13.4. The largest absolute Gasteiger partial charge is 0.462 e. The number of rotatable bonds is 9. The van der Waals surface area contributed by atoms with E-state index in [4.69, 9.17) is 14.2 Å². The Hall–Kier alpha value is -3.88. The van der Waals surface area contributed by atoms with E-state index < -0.39 is 11.6 Å². The van der Waals surface area contributed by atoms with Crippen molar-refractivity contribution in [3.05, 3.63) is 59.7 Å². The zero-order valence-electron chi connectivity index (χ0n) is 25.3. The molecule has 2 aromatic rings. The highest BCUT2D eigenvalue weighted by Crippen LogP contribution is 2.48. The monoisotopic (exact) mass is 578 g/mol. The number of carbonyl (C=O) groups excluding carboxylic acids is 4. The van der Waals surface area contributed by atoms with Crippen LogP contribution in [0.25, 0.3) is 11.1 Å². The summed E-state index contributed by atoms with van der Waals surface area (Å²) in [5, 5.41) is 0. The van der Waals surface area contributed by atoms with Crippen LogP contribution in [0.15, 0.2) is 48.5 Å². The van der Waals surface area contributed by atoms with Crippen molar-refractivity contribution >= 4 is 23.9 Å². The number of nitrogens with zero attached hydrogens (tertiary/aromatic N) is 2. The molecule has 2 aliphatic rings. The van der Waals surface area contributed by atoms with E-state index >= 15 is 0 Å². The van der Waals surface area contributed by atoms with Gasteiger partial charge in [0.15, 0.2) is 0 Å². The van der Waals surface area contributed by atoms with Crippen molar-refractivity contribution in [2.45, 2.75) is 89.5 Å². The van der Waals surface area contributed by atoms with Crippen LogP contribution in [0.5, 0.6) is 0 Å². The summed E-state index contributed by atoms with van der Waals surface area (Å²) < 4.78 is 16.3. The number of carbonyl (C=O) groups is 4. The topological polar surface area (TPSA) is 102 Å². The Kier molecular flexibility index (Phi) is 9.91. The van der Waals surface area contributed by atoms with Crippen LogP contribution in [0.4, 0.5) is 4.79 Å². The Bertz CT molecular complexity index is 1250. The first-order chi connectivity index (χ1) is 20.0. The third kappa shape index (κ3) is 7.49. The lowest BCUT2D eigenvalue weighted by Gasteiger charge is -2.39. The predicted molar refractivity (Wildman–Crippen MR) is 157 cm³/mol. The zero-order chi connectivity index (χ0) is 30.4. The number of hydrogen-bond acceptors (Lipinski definition) is 7. The minimum Gasteiger partial charge on any atom is -0.462 e. The van der Waals surface area contributed by atoms with Gasteiger partial charge in [-0.05, 0) is 75.1 Å². The molecule has 1 saturated carbocycles. The van der Waals surface area contributed by atoms with Crippen LogP contribution >= 0.6 is 0 Å². The fraction of sp³-hybridized carbons (Fsp3) is 0.515. The maximum absolute atomic E-state index is 13.2. The normalized spacial score (nSPS) is 17.9. The van der Waals surface area contributed by atoms with Gasteiger partial charge in [-0.3, -0.25) is 19.3 Å². The average molecular weight is 579 g/mol. The number of amides is 2. The summed E-state index contributed by atoms with van der Waals surface area (Å²) in [5.74, 6) is -1.04. The number of ether oxygens (including phenoxy) is 3. The molecule has 0 atom stereocenters. The van der Waals surface area contributed by atoms with Crippen molar-refractivity contribution < 1.29 is 33.4 Å². The van der Waals surface area contributed by atoms with Crippen LogP contribution in [0.3, 0.4) is 0 Å². The zero-order valence-corrected chi connectivity index (χ0v) is 25.3. The first kappa shape index (κ1) is 31.1. The standard InChI is InChI=1S/C33H42N2O7/c1-33(2,3)42-30(38)21-34(4)28(36)15-10-16-29(37)41-23-19-17-22(18-20-23)35(32(39)40-5)31-26-13-8-6-11-24(26)25-12-7-9-14-27(25)31/h6-9,11-14,22-23,31H,10,15-21H2,1-5H3. The van der Waals surface area contributed by atoms with Gasteiger partial charge in [0, 0.05) is 25.9 Å². The van der Waals surface area contributed by atoms with Crippen molar-refractivity contribution in [3.8, 4) is 11.1 Å². The van der Waals surface area contributed by atoms with E-state index in [0.717, 1.165) is 22.3 Å². The molecule has 2 amide bonds. The van der Waals surface area contributed by atoms with Crippen molar-refractivity contribution in [1.82, 2.24) is 9.80 Å². The Labute approximate surface area is 248 Å². The van der Waals surface area contributed by atoms with Crippen LogP contribution in [0, 0.1) is 0 Å². The third-order valence-corrected chi connectivity index (χ3v) is 7.78. The second-order valence-corrected chi connectivity index (χ2v) is 12.1. The third-order valence-electron chi connectivity index (χ3n) is 7.78. The van der Waals surface area contributed by atoms with Gasteiger partial charge in [-0.1, -0.05) is 48.5 Å². The Morgan fingerprint density at radius 3 is 1.95 bits per heavy atom. The van der Waals surface area contributed by atoms with Gasteiger partial charge in [0.25, 0.3) is 0 Å². The van der Waals surface area contributed by atoms with Crippen LogP contribution in [-0.4, -0.2) is 72.2 Å². The molecule has 1 fully saturated rings. The van der Waals surface area contributed by atoms with Crippen molar-refractivity contribution in [3.63, 3.8) is 0 Å². The summed E-state index contributed by atoms with van der Waals surface area (Å²) in [7, 11) is 2.96. The van der Waals surface area contributed by atoms with E-state index in [9.17, 15) is 19.2 Å². The molecule has 2 aliphatic carbocycles. The van der Waals surface area contributed by atoms with E-state index in [1.165, 1.54) is 12.0 Å². The lowest BCUT2D eigenvalue weighted by atomic mass is 9.89. The lowest BCUT2D eigenvalue weighted by molar-refractivity contribution is -0.158. The van der Waals surface area contributed by atoms with Gasteiger partial charge >= 0.3 is 18.0 Å². The highest BCUT2D eigenvalue weighted by Gasteiger charge is 2.41. The molecule has 2 aromatic carbocycles. The van der Waals surface area contributed by atoms with Crippen molar-refractivity contribution in [2.24, 2.45) is 0 Å². The fourth-order valence-electron chi connectivity index (χ4n) is 5.92. The summed E-state index contributed by atoms with van der Waals surface area (Å²) in [6.07, 6.45) is 2.63. The van der Waals surface area contributed by atoms with Crippen LogP contribution in [0.2, 0.25) is 0 Å². The molecule has 0 spiro atoms. The Morgan fingerprint density at radius 2 is 1.40 bits per heavy atom. The van der Waals surface area contributed by atoms with Crippen molar-refractivity contribution in [2.75, 3.05) is 20.7 Å². The van der Waals surface area contributed by atoms with Gasteiger partial charge in [0.1, 0.15) is 18.2 Å². The summed E-state index contributed by atoms with van der Waals surface area (Å²) in [5.41, 5.74) is 3.82. The SMILES string of the molecule is COC(=O)N(C1CCC(OC(=O)CCCC(=O)N(C)CC(=O)OC(C)(C)C)CC1)C1c2ccccc2-c2ccccc21. The van der Waals surface area contributed by atoms with Crippen molar-refractivity contribution in [1.29, 1.82) is 0 Å². The summed E-state index contributed by atoms with van der Waals surface area (Å²) >= 11 is 0. The quantitative estimate of drug-likeness (QED) is 0.280. The molecule has 9 nitrogen and oxygen atoms in total. The number of methoxy groups -OCH3 is 1. The number of benzene rings is 2. The first-order valence-corrected chi connectivity index (χ1v) is 14.7. The molecule has 0 saturated heterocycles. The Balaban J connectivity index is 1.28. The highest BCUT2D eigenvalue weighted by atomic mass is 16.6. The molecule has 4 rings (SSSR count). The number of likely N-dealkylation sites (N-methyl/N-ethyl adjacent to an activating group) is 1. The molecule has 9 heteroatoms. The second-order valence-electron chi connectivity index (χ2n) is 12.1. The molecule has 0 aliphatic heterocycles. The number of fused-ring (bicyclic) bond motifs is 3. The van der Waals surface area contributed by atoms with Gasteiger partial charge < -0.3 is 19.1 Å². The molecule has 0 N–H and O–H groups in total. The minimum atomic E-state index is -0.616. The van der Waals surface area contributed by atoms with Gasteiger partial charge in [0.05, 0.1) is 13.2 Å². The van der Waals surface area contributed by atoms with Gasteiger partial charge in [-0.25, -0.2) is 4.79 Å². The molecule has 0 radical (unpaired) electrons. The number of esters is 2. The summed E-state index contributed by atoms with van der Waals surface area (Å²) in [6, 6.07) is 16.0. The molecule has 226 valence electrons. The van der Waals surface area contributed by atoms with Gasteiger partial charge in [-0.2, -0.15) is 0 Å². The van der Waals surface area contributed by atoms with Gasteiger partial charge in [0.2, 0.25) is 5.91 Å². The average Bonchev–Trinajstić information content (AvgIpc) is 3.27. The van der Waals surface area contributed by atoms with Crippen LogP contribution in [0.1, 0.15) is 82.9 Å². The fourth-order valence-corrected chi connectivity index (χ4v) is 5.92. The van der Waals surface area contributed by atoms with E-state index in [2.05, 4.69) is 24.3 Å². The number of hydrogen-bond donors (Lipinski definition) is 0. The lowest BCUT2D eigenvalue weighted by Crippen LogP contribution is -2.45. The van der Waals surface area contributed by atoms with Gasteiger partial charge in [-0.15, -0.1) is 0 Å². The molecule has 0 heterocycles. The minimum absolute atomic E-state index is 0.0604. The molecular formula is C33H42N2O7. The molecule has 42 heavy (non-hydrogen) atoms. The Morgan fingerprint density at radius 1 is 0.833 bits per heavy atom. The highest BCUT2D eigenvalue weighted by molar-refractivity contribution is 5.83. The van der Waals surface area contributed by atoms with Crippen LogP contribution < -0.4 is 0 Å². The smallest absolute Gasteiger partial charge is 0.410 e. The predicted octanol–water partition coefficient (Wildman–Crippen LogP) is 5.65. The van der Waals surface area contributed by atoms with Crippen LogP contribution in [-0.2, 0) is 28.6 Å². The maximum atomic E-state index is 13.2. The first-order valence-electron chi connectivity index (χ1n) is 14.7. The summed E-state index contributed by atoms with van der Waals surface area (Å²) in [4.78, 5) is 53.2. The molecule has 0 aromatic heterocycles. The molecular weight excluding hydrogens is 536 g/mol. The van der Waals surface area contributed by atoms with E-state index in [1.54, 1.807) is 27.8 Å². The summed E-state index contributed by atoms with van der Waals surface area (Å²) in [6.45, 7) is 5.18. The maximum Gasteiger partial charge on any atom is 0.410 e.